The Kier molecular flexibility index (Phi) is 4.21. The molecule has 0 aliphatic rings. The first-order valence-corrected chi connectivity index (χ1v) is 6.76. The van der Waals surface area contributed by atoms with Gasteiger partial charge < -0.3 is 5.32 Å². The van der Waals surface area contributed by atoms with Gasteiger partial charge in [-0.2, -0.15) is 5.26 Å². The molecule has 0 saturated carbocycles. The van der Waals surface area contributed by atoms with Crippen LogP contribution in [0, 0.1) is 21.8 Å². The summed E-state index contributed by atoms with van der Waals surface area (Å²) >= 11 is 2.34. The van der Waals surface area contributed by atoms with Crippen LogP contribution in [-0.2, 0) is 6.54 Å². The van der Waals surface area contributed by atoms with Crippen LogP contribution >= 0.6 is 22.6 Å². The third-order valence-electron chi connectivity index (χ3n) is 2.75. The van der Waals surface area contributed by atoms with Crippen molar-refractivity contribution in [2.45, 2.75) is 13.5 Å². The van der Waals surface area contributed by atoms with E-state index in [0.29, 0.717) is 5.56 Å². The largest absolute Gasteiger partial charge is 0.381 e. The average Bonchev–Trinajstić information content (AvgIpc) is 2.41. The number of anilines is 1. The monoisotopic (exact) mass is 348 g/mol. The predicted octanol–water partition coefficient (Wildman–Crippen LogP) is 4.08. The fourth-order valence-electron chi connectivity index (χ4n) is 1.60. The topological polar surface area (TPSA) is 35.8 Å². The number of aryl methyl sites for hydroxylation is 1. The lowest BCUT2D eigenvalue weighted by Crippen LogP contribution is -1.99. The molecule has 0 aromatic heterocycles. The Balaban J connectivity index is 2.02. The highest BCUT2D eigenvalue weighted by atomic mass is 127. The van der Waals surface area contributed by atoms with E-state index in [1.54, 1.807) is 0 Å². The van der Waals surface area contributed by atoms with Crippen molar-refractivity contribution in [3.63, 3.8) is 0 Å². The van der Waals surface area contributed by atoms with E-state index in [4.69, 9.17) is 5.26 Å². The van der Waals surface area contributed by atoms with Gasteiger partial charge >= 0.3 is 0 Å². The van der Waals surface area contributed by atoms with Crippen LogP contribution in [0.1, 0.15) is 16.7 Å². The summed E-state index contributed by atoms with van der Waals surface area (Å²) in [6, 6.07) is 16.1. The number of hydrogen-bond donors (Lipinski definition) is 1. The number of nitriles is 1. The molecule has 1 N–H and O–H groups in total. The Morgan fingerprint density at radius 1 is 1.17 bits per heavy atom. The molecule has 2 nitrogen and oxygen atoms in total. The zero-order valence-corrected chi connectivity index (χ0v) is 12.2. The molecule has 0 atom stereocenters. The van der Waals surface area contributed by atoms with Crippen molar-refractivity contribution in [1.29, 1.82) is 5.26 Å². The van der Waals surface area contributed by atoms with E-state index in [-0.39, 0.29) is 0 Å². The van der Waals surface area contributed by atoms with Crippen LogP contribution in [0.15, 0.2) is 42.5 Å². The second-order valence-electron chi connectivity index (χ2n) is 4.13. The highest BCUT2D eigenvalue weighted by molar-refractivity contribution is 14.1. The van der Waals surface area contributed by atoms with E-state index in [2.05, 4.69) is 59.1 Å². The number of nitrogens with one attached hydrogen (secondary N) is 1. The normalized spacial score (nSPS) is 9.83. The van der Waals surface area contributed by atoms with Gasteiger partial charge in [0.05, 0.1) is 11.6 Å². The van der Waals surface area contributed by atoms with Crippen molar-refractivity contribution in [3.8, 4) is 6.07 Å². The van der Waals surface area contributed by atoms with Crippen molar-refractivity contribution in [1.82, 2.24) is 0 Å². The summed E-state index contributed by atoms with van der Waals surface area (Å²) in [5.74, 6) is 0. The van der Waals surface area contributed by atoms with Crippen molar-refractivity contribution in [2.75, 3.05) is 5.32 Å². The van der Waals surface area contributed by atoms with Gasteiger partial charge in [-0.15, -0.1) is 0 Å². The summed E-state index contributed by atoms with van der Waals surface area (Å²) in [5.41, 5.74) is 4.28. The summed E-state index contributed by atoms with van der Waals surface area (Å²) in [6.45, 7) is 2.87. The lowest BCUT2D eigenvalue weighted by molar-refractivity contribution is 1.14. The summed E-state index contributed by atoms with van der Waals surface area (Å²) in [5, 5.41) is 12.1. The fourth-order valence-corrected chi connectivity index (χ4v) is 2.12. The van der Waals surface area contributed by atoms with E-state index < -0.39 is 0 Å². The molecule has 0 saturated heterocycles. The maximum absolute atomic E-state index is 8.73. The van der Waals surface area contributed by atoms with Crippen LogP contribution in [0.4, 0.5) is 5.69 Å². The van der Waals surface area contributed by atoms with Crippen LogP contribution in [0.3, 0.4) is 0 Å². The second kappa shape index (κ2) is 5.87. The lowest BCUT2D eigenvalue weighted by atomic mass is 10.1. The minimum atomic E-state index is 0.698. The van der Waals surface area contributed by atoms with Gasteiger partial charge in [0.25, 0.3) is 0 Å². The molecule has 0 bridgehead atoms. The fraction of sp³-hybridized carbons (Fsp3) is 0.133. The van der Waals surface area contributed by atoms with Crippen LogP contribution in [0.5, 0.6) is 0 Å². The Morgan fingerprint density at radius 2 is 1.89 bits per heavy atom. The first-order chi connectivity index (χ1) is 8.69. The molecule has 2 aromatic carbocycles. The van der Waals surface area contributed by atoms with Crippen molar-refractivity contribution in [2.24, 2.45) is 0 Å². The van der Waals surface area contributed by atoms with E-state index in [1.807, 2.05) is 24.3 Å². The Labute approximate surface area is 121 Å². The molecule has 0 amide bonds. The molecule has 90 valence electrons. The summed E-state index contributed by atoms with van der Waals surface area (Å²) in [6.07, 6.45) is 0. The number of hydrogen-bond acceptors (Lipinski definition) is 2. The zero-order chi connectivity index (χ0) is 13.0. The number of halogens is 1. The Morgan fingerprint density at radius 3 is 2.50 bits per heavy atom. The third-order valence-corrected chi connectivity index (χ3v) is 3.91. The van der Waals surface area contributed by atoms with Gasteiger partial charge in [-0.05, 0) is 64.9 Å². The smallest absolute Gasteiger partial charge is 0.0991 e. The maximum atomic E-state index is 8.73. The molecule has 18 heavy (non-hydrogen) atoms. The van der Waals surface area contributed by atoms with Crippen LogP contribution < -0.4 is 5.32 Å². The van der Waals surface area contributed by atoms with E-state index in [0.717, 1.165) is 12.2 Å². The first kappa shape index (κ1) is 12.9. The molecule has 2 aromatic rings. The molecule has 3 heteroatoms. The number of nitrogens with zero attached hydrogens (tertiary/aromatic N) is 1. The van der Waals surface area contributed by atoms with Crippen molar-refractivity contribution >= 4 is 28.3 Å². The molecular formula is C15H13IN2. The van der Waals surface area contributed by atoms with Crippen molar-refractivity contribution in [3.05, 3.63) is 62.7 Å². The lowest BCUT2D eigenvalue weighted by Gasteiger charge is -2.08. The molecule has 0 spiro atoms. The second-order valence-corrected chi connectivity index (χ2v) is 5.29. The van der Waals surface area contributed by atoms with Gasteiger partial charge in [0.2, 0.25) is 0 Å². The minimum absolute atomic E-state index is 0.698. The number of rotatable bonds is 3. The molecule has 2 rings (SSSR count). The SMILES string of the molecule is Cc1ccc(NCc2ccc(C#N)cc2)cc1I. The maximum Gasteiger partial charge on any atom is 0.0991 e. The molecule has 0 unspecified atom stereocenters. The van der Waals surface area contributed by atoms with Crippen LogP contribution in [-0.4, -0.2) is 0 Å². The van der Waals surface area contributed by atoms with Gasteiger partial charge in [0, 0.05) is 15.8 Å². The Hall–Kier alpha value is -1.54. The summed E-state index contributed by atoms with van der Waals surface area (Å²) in [4.78, 5) is 0. The van der Waals surface area contributed by atoms with Crippen LogP contribution in [0.25, 0.3) is 0 Å². The molecule has 0 aliphatic carbocycles. The highest BCUT2D eigenvalue weighted by Crippen LogP contribution is 2.17. The van der Waals surface area contributed by atoms with Gasteiger partial charge in [-0.25, -0.2) is 0 Å². The highest BCUT2D eigenvalue weighted by Gasteiger charge is 1.98. The first-order valence-electron chi connectivity index (χ1n) is 5.68. The third kappa shape index (κ3) is 3.23. The van der Waals surface area contributed by atoms with E-state index in [9.17, 15) is 0 Å². The van der Waals surface area contributed by atoms with Gasteiger partial charge in [0.15, 0.2) is 0 Å². The predicted molar refractivity (Wildman–Crippen MR) is 82.4 cm³/mol. The van der Waals surface area contributed by atoms with Crippen LogP contribution in [0.2, 0.25) is 0 Å². The molecular weight excluding hydrogens is 335 g/mol. The molecule has 0 radical (unpaired) electrons. The standard InChI is InChI=1S/C15H13IN2/c1-11-2-7-14(8-15(11)16)18-10-13-5-3-12(9-17)4-6-13/h2-8,18H,10H2,1H3. The van der Waals surface area contributed by atoms with Crippen molar-refractivity contribution < 1.29 is 0 Å². The van der Waals surface area contributed by atoms with Gasteiger partial charge in [-0.3, -0.25) is 0 Å². The van der Waals surface area contributed by atoms with E-state index in [1.165, 1.54) is 14.7 Å². The minimum Gasteiger partial charge on any atom is -0.381 e. The molecule has 0 aliphatic heterocycles. The van der Waals surface area contributed by atoms with E-state index >= 15 is 0 Å². The summed E-state index contributed by atoms with van der Waals surface area (Å²) in [7, 11) is 0. The molecule has 0 heterocycles. The average molecular weight is 348 g/mol. The zero-order valence-electron chi connectivity index (χ0n) is 10.1. The molecule has 0 fully saturated rings. The van der Waals surface area contributed by atoms with Gasteiger partial charge in [-0.1, -0.05) is 18.2 Å². The quantitative estimate of drug-likeness (QED) is 0.849. The number of benzene rings is 2. The summed E-state index contributed by atoms with van der Waals surface area (Å²) < 4.78 is 1.26. The Bertz CT molecular complexity index is 582. The van der Waals surface area contributed by atoms with Gasteiger partial charge in [0.1, 0.15) is 0 Å².